The van der Waals surface area contributed by atoms with E-state index in [9.17, 15) is 9.90 Å². The Kier molecular flexibility index (Phi) is 5.61. The summed E-state index contributed by atoms with van der Waals surface area (Å²) in [6.45, 7) is 5.90. The van der Waals surface area contributed by atoms with E-state index in [-0.39, 0.29) is 11.9 Å². The standard InChI is InChI=1S/C19H29N3O2/c1-15(19(24)20-16-5-3-2-4-6-16)21-11-13-22(14-12-21)17-7-9-18(23)10-8-17/h7-10,15-16,23H,2-6,11-14H2,1H3,(H,20,24)/p+1/t15-/m0/s1. The zero-order chi connectivity index (χ0) is 16.9. The maximum atomic E-state index is 12.5. The van der Waals surface area contributed by atoms with Crippen LogP contribution in [0, 0.1) is 0 Å². The summed E-state index contributed by atoms with van der Waals surface area (Å²) in [5.41, 5.74) is 1.14. The zero-order valence-electron chi connectivity index (χ0n) is 14.6. The lowest BCUT2D eigenvalue weighted by Crippen LogP contribution is -3.19. The smallest absolute Gasteiger partial charge is 0.278 e. The van der Waals surface area contributed by atoms with Gasteiger partial charge in [-0.2, -0.15) is 0 Å². The number of carbonyl (C=O) groups is 1. The average molecular weight is 332 g/mol. The van der Waals surface area contributed by atoms with E-state index in [0.29, 0.717) is 11.8 Å². The van der Waals surface area contributed by atoms with Gasteiger partial charge >= 0.3 is 0 Å². The van der Waals surface area contributed by atoms with Crippen molar-refractivity contribution in [2.45, 2.75) is 51.1 Å². The highest BCUT2D eigenvalue weighted by molar-refractivity contribution is 5.80. The number of piperazine rings is 1. The first-order valence-corrected chi connectivity index (χ1v) is 9.32. The molecule has 1 saturated carbocycles. The molecule has 1 aliphatic carbocycles. The number of nitrogens with one attached hydrogen (secondary N) is 2. The maximum absolute atomic E-state index is 12.5. The van der Waals surface area contributed by atoms with Gasteiger partial charge < -0.3 is 20.2 Å². The molecule has 5 nitrogen and oxygen atoms in total. The second kappa shape index (κ2) is 7.88. The van der Waals surface area contributed by atoms with Crippen LogP contribution in [0.4, 0.5) is 5.69 Å². The van der Waals surface area contributed by atoms with Crippen molar-refractivity contribution < 1.29 is 14.8 Å². The molecule has 5 heteroatoms. The van der Waals surface area contributed by atoms with Gasteiger partial charge in [0.25, 0.3) is 5.91 Å². The van der Waals surface area contributed by atoms with Crippen LogP contribution in [0.1, 0.15) is 39.0 Å². The van der Waals surface area contributed by atoms with Gasteiger partial charge in [-0.3, -0.25) is 4.79 Å². The Labute approximate surface area is 144 Å². The molecule has 1 amide bonds. The molecule has 3 N–H and O–H groups in total. The van der Waals surface area contributed by atoms with Crippen molar-refractivity contribution in [1.82, 2.24) is 5.32 Å². The molecule has 0 bridgehead atoms. The normalized spacial score (nSPS) is 21.5. The van der Waals surface area contributed by atoms with Gasteiger partial charge in [0.15, 0.2) is 6.04 Å². The molecule has 1 heterocycles. The number of quaternary nitrogens is 1. The maximum Gasteiger partial charge on any atom is 0.278 e. The first-order valence-electron chi connectivity index (χ1n) is 9.32. The molecular formula is C19H30N3O2+. The number of carbonyl (C=O) groups excluding carboxylic acids is 1. The molecule has 2 aliphatic rings. The van der Waals surface area contributed by atoms with Gasteiger partial charge in [-0.15, -0.1) is 0 Å². The fraction of sp³-hybridized carbons (Fsp3) is 0.632. The lowest BCUT2D eigenvalue weighted by atomic mass is 9.95. The van der Waals surface area contributed by atoms with Crippen LogP contribution in [-0.2, 0) is 4.79 Å². The van der Waals surface area contributed by atoms with Crippen molar-refractivity contribution in [3.05, 3.63) is 24.3 Å². The number of aromatic hydroxyl groups is 1. The van der Waals surface area contributed by atoms with Gasteiger partial charge in [-0.1, -0.05) is 19.3 Å². The highest BCUT2D eigenvalue weighted by Gasteiger charge is 2.30. The van der Waals surface area contributed by atoms with E-state index in [4.69, 9.17) is 0 Å². The Morgan fingerprint density at radius 3 is 2.42 bits per heavy atom. The Bertz CT molecular complexity index is 532. The van der Waals surface area contributed by atoms with Gasteiger partial charge in [0.05, 0.1) is 26.2 Å². The quantitative estimate of drug-likeness (QED) is 0.769. The summed E-state index contributed by atoms with van der Waals surface area (Å²) in [5.74, 6) is 0.519. The van der Waals surface area contributed by atoms with Crippen LogP contribution in [0.2, 0.25) is 0 Å². The van der Waals surface area contributed by atoms with Crippen LogP contribution < -0.4 is 15.1 Å². The van der Waals surface area contributed by atoms with Crippen LogP contribution in [-0.4, -0.2) is 49.3 Å². The van der Waals surface area contributed by atoms with Gasteiger partial charge in [-0.05, 0) is 44.0 Å². The fourth-order valence-electron chi connectivity index (χ4n) is 3.91. The Hall–Kier alpha value is -1.75. The van der Waals surface area contributed by atoms with Crippen molar-refractivity contribution in [1.29, 1.82) is 0 Å². The second-order valence-corrected chi connectivity index (χ2v) is 7.23. The number of amides is 1. The van der Waals surface area contributed by atoms with E-state index in [0.717, 1.165) is 44.7 Å². The van der Waals surface area contributed by atoms with Crippen molar-refractivity contribution in [3.8, 4) is 5.75 Å². The van der Waals surface area contributed by atoms with Gasteiger partial charge in [0, 0.05) is 11.7 Å². The van der Waals surface area contributed by atoms with E-state index in [1.54, 1.807) is 12.1 Å². The molecule has 132 valence electrons. The van der Waals surface area contributed by atoms with Crippen LogP contribution in [0.3, 0.4) is 0 Å². The lowest BCUT2D eigenvalue weighted by molar-refractivity contribution is -0.914. The molecule has 3 rings (SSSR count). The van der Waals surface area contributed by atoms with E-state index in [1.807, 2.05) is 12.1 Å². The van der Waals surface area contributed by atoms with Crippen molar-refractivity contribution >= 4 is 11.6 Å². The molecule has 1 aromatic carbocycles. The van der Waals surface area contributed by atoms with E-state index >= 15 is 0 Å². The molecule has 1 aromatic rings. The average Bonchev–Trinajstić information content (AvgIpc) is 2.63. The largest absolute Gasteiger partial charge is 0.508 e. The number of benzene rings is 1. The molecule has 0 unspecified atom stereocenters. The molecule has 24 heavy (non-hydrogen) atoms. The molecule has 0 spiro atoms. The lowest BCUT2D eigenvalue weighted by Gasteiger charge is -2.36. The molecular weight excluding hydrogens is 302 g/mol. The molecule has 0 aromatic heterocycles. The minimum absolute atomic E-state index is 0.0221. The number of hydrogen-bond donors (Lipinski definition) is 3. The highest BCUT2D eigenvalue weighted by Crippen LogP contribution is 2.18. The van der Waals surface area contributed by atoms with Crippen molar-refractivity contribution in [2.24, 2.45) is 0 Å². The topological polar surface area (TPSA) is 57.0 Å². The Balaban J connectivity index is 1.48. The number of anilines is 1. The summed E-state index contributed by atoms with van der Waals surface area (Å²) in [6.07, 6.45) is 6.09. The van der Waals surface area contributed by atoms with Gasteiger partial charge in [0.2, 0.25) is 0 Å². The van der Waals surface area contributed by atoms with Crippen LogP contribution in [0.5, 0.6) is 5.75 Å². The predicted octanol–water partition coefficient (Wildman–Crippen LogP) is 0.935. The molecule has 1 atom stereocenters. The molecule has 1 saturated heterocycles. The first kappa shape index (κ1) is 17.1. The SMILES string of the molecule is C[C@@H](C(=O)NC1CCCCC1)[NH+]1CCN(c2ccc(O)cc2)CC1. The monoisotopic (exact) mass is 332 g/mol. The summed E-state index contributed by atoms with van der Waals surface area (Å²) in [4.78, 5) is 16.2. The van der Waals surface area contributed by atoms with Crippen molar-refractivity contribution in [3.63, 3.8) is 0 Å². The highest BCUT2D eigenvalue weighted by atomic mass is 16.3. The summed E-state index contributed by atoms with van der Waals surface area (Å²) < 4.78 is 0. The third kappa shape index (κ3) is 4.20. The fourth-order valence-corrected chi connectivity index (χ4v) is 3.91. The van der Waals surface area contributed by atoms with E-state index in [1.165, 1.54) is 24.2 Å². The minimum Gasteiger partial charge on any atom is -0.508 e. The summed E-state index contributed by atoms with van der Waals surface area (Å²) in [7, 11) is 0. The number of nitrogens with zero attached hydrogens (tertiary/aromatic N) is 1. The van der Waals surface area contributed by atoms with E-state index < -0.39 is 0 Å². The summed E-state index contributed by atoms with van der Waals surface area (Å²) in [5, 5.41) is 12.7. The summed E-state index contributed by atoms with van der Waals surface area (Å²) >= 11 is 0. The molecule has 1 aliphatic heterocycles. The summed E-state index contributed by atoms with van der Waals surface area (Å²) in [6, 6.07) is 7.79. The Morgan fingerprint density at radius 2 is 1.79 bits per heavy atom. The second-order valence-electron chi connectivity index (χ2n) is 7.23. The number of phenols is 1. The third-order valence-corrected chi connectivity index (χ3v) is 5.58. The zero-order valence-corrected chi connectivity index (χ0v) is 14.6. The minimum atomic E-state index is 0.0221. The van der Waals surface area contributed by atoms with Crippen LogP contribution in [0.25, 0.3) is 0 Å². The van der Waals surface area contributed by atoms with Gasteiger partial charge in [0.1, 0.15) is 5.75 Å². The molecule has 2 fully saturated rings. The van der Waals surface area contributed by atoms with Gasteiger partial charge in [-0.25, -0.2) is 0 Å². The predicted molar refractivity (Wildman–Crippen MR) is 95.5 cm³/mol. The first-order chi connectivity index (χ1) is 11.6. The Morgan fingerprint density at radius 1 is 1.17 bits per heavy atom. The number of rotatable bonds is 4. The number of phenolic OH excluding ortho intramolecular Hbond substituents is 1. The third-order valence-electron chi connectivity index (χ3n) is 5.58. The van der Waals surface area contributed by atoms with Crippen LogP contribution >= 0.6 is 0 Å². The number of hydrogen-bond acceptors (Lipinski definition) is 3. The van der Waals surface area contributed by atoms with Crippen molar-refractivity contribution in [2.75, 3.05) is 31.1 Å². The van der Waals surface area contributed by atoms with Crippen LogP contribution in [0.15, 0.2) is 24.3 Å². The molecule has 0 radical (unpaired) electrons. The van der Waals surface area contributed by atoms with E-state index in [2.05, 4.69) is 17.1 Å².